The molecular weight excluding hydrogens is 202 g/mol. The van der Waals surface area contributed by atoms with Crippen molar-refractivity contribution in [2.24, 2.45) is 0 Å². The molecule has 1 rings (SSSR count). The third kappa shape index (κ3) is 4.31. The Morgan fingerprint density at radius 3 is 2.50 bits per heavy atom. The van der Waals surface area contributed by atoms with E-state index >= 15 is 0 Å². The molecule has 1 aromatic rings. The fourth-order valence-electron chi connectivity index (χ4n) is 1.29. The molecule has 0 aromatic carbocycles. The van der Waals surface area contributed by atoms with Crippen LogP contribution in [0.2, 0.25) is 0 Å². The molecule has 0 aliphatic carbocycles. The Balaban J connectivity index is 2.36. The van der Waals surface area contributed by atoms with Gasteiger partial charge >= 0.3 is 0 Å². The minimum atomic E-state index is -0.0298. The topological polar surface area (TPSA) is 51.0 Å². The summed E-state index contributed by atoms with van der Waals surface area (Å²) in [4.78, 5) is 4.39. The van der Waals surface area contributed by atoms with Crippen molar-refractivity contribution in [2.45, 2.75) is 58.9 Å². The molecule has 1 heterocycles. The third-order valence-corrected chi connectivity index (χ3v) is 2.26. The van der Waals surface area contributed by atoms with Crippen LogP contribution in [0.5, 0.6) is 0 Å². The average Bonchev–Trinajstić information content (AvgIpc) is 2.59. The van der Waals surface area contributed by atoms with Gasteiger partial charge in [0, 0.05) is 17.9 Å². The molecule has 4 nitrogen and oxygen atoms in total. The van der Waals surface area contributed by atoms with Crippen LogP contribution in [0.4, 0.5) is 0 Å². The SMILES string of the molecule is CC(C)NCCCc1nc(C(C)(C)C)no1. The number of rotatable bonds is 5. The molecule has 0 saturated carbocycles. The van der Waals surface area contributed by atoms with Gasteiger partial charge in [0.25, 0.3) is 0 Å². The van der Waals surface area contributed by atoms with Crippen LogP contribution in [-0.2, 0) is 11.8 Å². The van der Waals surface area contributed by atoms with E-state index in [9.17, 15) is 0 Å². The Morgan fingerprint density at radius 2 is 2.00 bits per heavy atom. The van der Waals surface area contributed by atoms with E-state index in [-0.39, 0.29) is 5.41 Å². The Morgan fingerprint density at radius 1 is 1.31 bits per heavy atom. The van der Waals surface area contributed by atoms with Crippen LogP contribution in [-0.4, -0.2) is 22.7 Å². The van der Waals surface area contributed by atoms with E-state index in [1.54, 1.807) is 0 Å². The van der Waals surface area contributed by atoms with Crippen molar-refractivity contribution >= 4 is 0 Å². The van der Waals surface area contributed by atoms with Crippen LogP contribution in [0.15, 0.2) is 4.52 Å². The van der Waals surface area contributed by atoms with Gasteiger partial charge in [-0.15, -0.1) is 0 Å². The van der Waals surface area contributed by atoms with E-state index in [4.69, 9.17) is 4.52 Å². The second kappa shape index (κ2) is 5.43. The monoisotopic (exact) mass is 225 g/mol. The van der Waals surface area contributed by atoms with Crippen molar-refractivity contribution in [3.63, 3.8) is 0 Å². The summed E-state index contributed by atoms with van der Waals surface area (Å²) in [5.41, 5.74) is -0.0298. The van der Waals surface area contributed by atoms with Gasteiger partial charge in [-0.2, -0.15) is 4.98 Å². The first-order chi connectivity index (χ1) is 7.39. The molecule has 16 heavy (non-hydrogen) atoms. The summed E-state index contributed by atoms with van der Waals surface area (Å²) in [6.45, 7) is 11.5. The quantitative estimate of drug-likeness (QED) is 0.781. The van der Waals surface area contributed by atoms with Gasteiger partial charge in [0.2, 0.25) is 5.89 Å². The van der Waals surface area contributed by atoms with Gasteiger partial charge in [0.15, 0.2) is 5.82 Å². The summed E-state index contributed by atoms with van der Waals surface area (Å²) in [7, 11) is 0. The largest absolute Gasteiger partial charge is 0.339 e. The Labute approximate surface area is 97.8 Å². The molecule has 0 unspecified atom stereocenters. The summed E-state index contributed by atoms with van der Waals surface area (Å²) >= 11 is 0. The van der Waals surface area contributed by atoms with Crippen molar-refractivity contribution in [2.75, 3.05) is 6.54 Å². The highest BCUT2D eigenvalue weighted by atomic mass is 16.5. The smallest absolute Gasteiger partial charge is 0.226 e. The molecule has 0 aliphatic heterocycles. The molecule has 0 atom stereocenters. The summed E-state index contributed by atoms with van der Waals surface area (Å²) in [5.74, 6) is 1.54. The Kier molecular flexibility index (Phi) is 4.47. The number of nitrogens with one attached hydrogen (secondary N) is 1. The lowest BCUT2D eigenvalue weighted by atomic mass is 9.96. The number of aryl methyl sites for hydroxylation is 1. The van der Waals surface area contributed by atoms with E-state index < -0.39 is 0 Å². The fourth-order valence-corrected chi connectivity index (χ4v) is 1.29. The molecule has 1 aromatic heterocycles. The van der Waals surface area contributed by atoms with E-state index in [2.05, 4.69) is 50.1 Å². The van der Waals surface area contributed by atoms with Crippen molar-refractivity contribution < 1.29 is 4.52 Å². The maximum absolute atomic E-state index is 5.21. The zero-order valence-corrected chi connectivity index (χ0v) is 11.0. The number of aromatic nitrogens is 2. The van der Waals surface area contributed by atoms with Gasteiger partial charge in [-0.3, -0.25) is 0 Å². The minimum absolute atomic E-state index is 0.0298. The zero-order chi connectivity index (χ0) is 12.2. The van der Waals surface area contributed by atoms with E-state index in [0.717, 1.165) is 31.1 Å². The van der Waals surface area contributed by atoms with Gasteiger partial charge in [-0.1, -0.05) is 39.8 Å². The highest BCUT2D eigenvalue weighted by Gasteiger charge is 2.20. The lowest BCUT2D eigenvalue weighted by Gasteiger charge is -2.10. The minimum Gasteiger partial charge on any atom is -0.339 e. The first kappa shape index (κ1) is 13.2. The number of hydrogen-bond donors (Lipinski definition) is 1. The first-order valence-electron chi connectivity index (χ1n) is 5.96. The maximum Gasteiger partial charge on any atom is 0.226 e. The van der Waals surface area contributed by atoms with E-state index in [0.29, 0.717) is 6.04 Å². The van der Waals surface area contributed by atoms with E-state index in [1.807, 2.05) is 0 Å². The van der Waals surface area contributed by atoms with Gasteiger partial charge in [0.1, 0.15) is 0 Å². The van der Waals surface area contributed by atoms with E-state index in [1.165, 1.54) is 0 Å². The van der Waals surface area contributed by atoms with Crippen LogP contribution in [0.1, 0.15) is 52.8 Å². The third-order valence-electron chi connectivity index (χ3n) is 2.26. The molecular formula is C12H23N3O. The molecule has 0 fully saturated rings. The lowest BCUT2D eigenvalue weighted by molar-refractivity contribution is 0.359. The van der Waals surface area contributed by atoms with Gasteiger partial charge in [-0.25, -0.2) is 0 Å². The highest BCUT2D eigenvalue weighted by Crippen LogP contribution is 2.18. The molecule has 0 saturated heterocycles. The van der Waals surface area contributed by atoms with Gasteiger partial charge in [0.05, 0.1) is 0 Å². The Bertz CT molecular complexity index is 312. The van der Waals surface area contributed by atoms with Crippen molar-refractivity contribution in [3.05, 3.63) is 11.7 Å². The molecule has 0 amide bonds. The normalized spacial score (nSPS) is 12.4. The molecule has 92 valence electrons. The van der Waals surface area contributed by atoms with Crippen LogP contribution < -0.4 is 5.32 Å². The highest BCUT2D eigenvalue weighted by molar-refractivity contribution is 4.99. The summed E-state index contributed by atoms with van der Waals surface area (Å²) < 4.78 is 5.21. The van der Waals surface area contributed by atoms with Crippen LogP contribution in [0.25, 0.3) is 0 Å². The van der Waals surface area contributed by atoms with Crippen molar-refractivity contribution in [1.82, 2.24) is 15.5 Å². The molecule has 1 N–H and O–H groups in total. The lowest BCUT2D eigenvalue weighted by Crippen LogP contribution is -2.23. The second-order valence-electron chi connectivity index (χ2n) is 5.47. The molecule has 0 bridgehead atoms. The van der Waals surface area contributed by atoms with Crippen LogP contribution in [0, 0.1) is 0 Å². The first-order valence-corrected chi connectivity index (χ1v) is 5.96. The van der Waals surface area contributed by atoms with Crippen LogP contribution >= 0.6 is 0 Å². The molecule has 0 aliphatic rings. The summed E-state index contributed by atoms with van der Waals surface area (Å²) in [6.07, 6.45) is 1.88. The van der Waals surface area contributed by atoms with Crippen LogP contribution in [0.3, 0.4) is 0 Å². The zero-order valence-electron chi connectivity index (χ0n) is 11.0. The van der Waals surface area contributed by atoms with Crippen molar-refractivity contribution in [3.8, 4) is 0 Å². The predicted molar refractivity (Wildman–Crippen MR) is 64.5 cm³/mol. The molecule has 0 spiro atoms. The molecule has 0 radical (unpaired) electrons. The summed E-state index contributed by atoms with van der Waals surface area (Å²) in [5, 5.41) is 7.36. The predicted octanol–water partition coefficient (Wildman–Crippen LogP) is 2.30. The van der Waals surface area contributed by atoms with Gasteiger partial charge < -0.3 is 9.84 Å². The maximum atomic E-state index is 5.21. The average molecular weight is 225 g/mol. The fraction of sp³-hybridized carbons (Fsp3) is 0.833. The summed E-state index contributed by atoms with van der Waals surface area (Å²) in [6, 6.07) is 0.535. The second-order valence-corrected chi connectivity index (χ2v) is 5.47. The number of hydrogen-bond acceptors (Lipinski definition) is 4. The standard InChI is InChI=1S/C12H23N3O/c1-9(2)13-8-6-7-10-14-11(15-16-10)12(3,4)5/h9,13H,6-8H2,1-5H3. The number of nitrogens with zero attached hydrogens (tertiary/aromatic N) is 2. The van der Waals surface area contributed by atoms with Gasteiger partial charge in [-0.05, 0) is 13.0 Å². The molecule has 4 heteroatoms. The van der Waals surface area contributed by atoms with Crippen molar-refractivity contribution in [1.29, 1.82) is 0 Å². The Hall–Kier alpha value is -0.900.